The molecule has 0 aromatic carbocycles. The summed E-state index contributed by atoms with van der Waals surface area (Å²) in [5.74, 6) is -0.249. The predicted octanol–water partition coefficient (Wildman–Crippen LogP) is 0.248. The van der Waals surface area contributed by atoms with Gasteiger partial charge in [0.05, 0.1) is 12.0 Å². The number of hydrogen-bond donors (Lipinski definition) is 0. The third kappa shape index (κ3) is 1.93. The smallest absolute Gasteiger partial charge is 0.173 e. The Kier molecular flexibility index (Phi) is 2.43. The summed E-state index contributed by atoms with van der Waals surface area (Å²) in [4.78, 5) is 28.1. The maximum absolute atomic E-state index is 10.9. The fraction of sp³-hybridized carbons (Fsp3) is 0.143. The number of aldehydes is 1. The highest BCUT2D eigenvalue weighted by atomic mass is 16.1. The largest absolute Gasteiger partial charge is 0.303 e. The first-order valence-corrected chi connectivity index (χ1v) is 3.06. The van der Waals surface area contributed by atoms with E-state index in [0.29, 0.717) is 11.8 Å². The highest BCUT2D eigenvalue weighted by Gasteiger charge is 2.03. The molecule has 0 amide bonds. The Morgan fingerprint density at radius 3 is 2.64 bits per heavy atom. The molecule has 0 aliphatic heterocycles. The van der Waals surface area contributed by atoms with Gasteiger partial charge in [-0.15, -0.1) is 0 Å². The zero-order valence-corrected chi connectivity index (χ0v) is 5.73. The van der Waals surface area contributed by atoms with Crippen molar-refractivity contribution < 1.29 is 9.59 Å². The Morgan fingerprint density at radius 1 is 1.45 bits per heavy atom. The van der Waals surface area contributed by atoms with E-state index in [0.717, 1.165) is 0 Å². The van der Waals surface area contributed by atoms with Crippen LogP contribution in [0.4, 0.5) is 0 Å². The molecule has 0 bridgehead atoms. The number of ketones is 1. The summed E-state index contributed by atoms with van der Waals surface area (Å²) < 4.78 is 0. The van der Waals surface area contributed by atoms with E-state index in [4.69, 9.17) is 0 Å². The van der Waals surface area contributed by atoms with Crippen molar-refractivity contribution in [1.29, 1.82) is 0 Å². The maximum Gasteiger partial charge on any atom is 0.173 e. The van der Waals surface area contributed by atoms with Crippen molar-refractivity contribution in [2.24, 2.45) is 0 Å². The third-order valence-electron chi connectivity index (χ3n) is 1.15. The quantitative estimate of drug-likeness (QED) is 0.352. The van der Waals surface area contributed by atoms with Crippen LogP contribution in [0.1, 0.15) is 16.8 Å². The molecule has 1 aromatic rings. The second-order valence-electron chi connectivity index (χ2n) is 1.92. The van der Waals surface area contributed by atoms with E-state index >= 15 is 0 Å². The zero-order valence-electron chi connectivity index (χ0n) is 5.73. The monoisotopic (exact) mass is 150 g/mol. The number of nitrogens with zero attached hydrogens (tertiary/aromatic N) is 2. The molecule has 1 heterocycles. The molecule has 56 valence electrons. The van der Waals surface area contributed by atoms with Crippen LogP contribution in [0, 0.1) is 0 Å². The molecule has 11 heavy (non-hydrogen) atoms. The first-order valence-electron chi connectivity index (χ1n) is 3.06. The van der Waals surface area contributed by atoms with Gasteiger partial charge in [-0.25, -0.2) is 9.97 Å². The second kappa shape index (κ2) is 3.55. The molecule has 4 nitrogen and oxygen atoms in total. The molecule has 0 saturated carbocycles. The van der Waals surface area contributed by atoms with Crippen molar-refractivity contribution >= 4 is 12.1 Å². The minimum Gasteiger partial charge on any atom is -0.303 e. The van der Waals surface area contributed by atoms with Gasteiger partial charge in [0, 0.05) is 12.4 Å². The van der Waals surface area contributed by atoms with Crippen LogP contribution in [0.25, 0.3) is 0 Å². The molecular formula is C7H6N2O2. The van der Waals surface area contributed by atoms with Gasteiger partial charge in [0.15, 0.2) is 5.78 Å². The van der Waals surface area contributed by atoms with Gasteiger partial charge in [0.1, 0.15) is 12.6 Å². The van der Waals surface area contributed by atoms with Crippen LogP contribution < -0.4 is 0 Å². The van der Waals surface area contributed by atoms with Crippen LogP contribution in [0.15, 0.2) is 18.7 Å². The van der Waals surface area contributed by atoms with Crippen LogP contribution in [0.2, 0.25) is 0 Å². The molecular weight excluding hydrogens is 144 g/mol. The van der Waals surface area contributed by atoms with Crippen molar-refractivity contribution in [1.82, 2.24) is 9.97 Å². The molecule has 0 atom stereocenters. The Hall–Kier alpha value is -1.58. The number of carbonyl (C=O) groups is 2. The van der Waals surface area contributed by atoms with Gasteiger partial charge in [0.25, 0.3) is 0 Å². The van der Waals surface area contributed by atoms with Crippen molar-refractivity contribution in [2.75, 3.05) is 0 Å². The molecule has 0 N–H and O–H groups in total. The molecule has 0 spiro atoms. The maximum atomic E-state index is 10.9. The van der Waals surface area contributed by atoms with Crippen molar-refractivity contribution in [3.05, 3.63) is 24.3 Å². The normalized spacial score (nSPS) is 9.09. The number of carbonyl (C=O) groups excluding carboxylic acids is 2. The van der Waals surface area contributed by atoms with Gasteiger partial charge in [-0.3, -0.25) is 4.79 Å². The third-order valence-corrected chi connectivity index (χ3v) is 1.15. The van der Waals surface area contributed by atoms with Gasteiger partial charge in [-0.05, 0) is 0 Å². The van der Waals surface area contributed by atoms with Gasteiger partial charge < -0.3 is 4.79 Å². The lowest BCUT2D eigenvalue weighted by molar-refractivity contribution is -0.107. The molecule has 0 aliphatic rings. The van der Waals surface area contributed by atoms with E-state index in [9.17, 15) is 9.59 Å². The average molecular weight is 150 g/mol. The topological polar surface area (TPSA) is 59.9 Å². The van der Waals surface area contributed by atoms with E-state index in [2.05, 4.69) is 9.97 Å². The SMILES string of the molecule is O=CCC(=O)c1cncnc1. The van der Waals surface area contributed by atoms with E-state index in [-0.39, 0.29) is 12.2 Å². The van der Waals surface area contributed by atoms with Crippen molar-refractivity contribution in [2.45, 2.75) is 6.42 Å². The summed E-state index contributed by atoms with van der Waals surface area (Å²) in [5.41, 5.74) is 0.375. The molecule has 0 aliphatic carbocycles. The predicted molar refractivity (Wildman–Crippen MR) is 37.0 cm³/mol. The average Bonchev–Trinajstić information content (AvgIpc) is 2.07. The minimum atomic E-state index is -0.249. The fourth-order valence-electron chi connectivity index (χ4n) is 0.637. The Morgan fingerprint density at radius 2 is 2.09 bits per heavy atom. The van der Waals surface area contributed by atoms with Gasteiger partial charge in [-0.1, -0.05) is 0 Å². The first-order chi connectivity index (χ1) is 5.34. The molecule has 0 radical (unpaired) electrons. The molecule has 1 aromatic heterocycles. The van der Waals surface area contributed by atoms with Crippen LogP contribution in [-0.2, 0) is 4.79 Å². The van der Waals surface area contributed by atoms with Crippen LogP contribution in [-0.4, -0.2) is 22.0 Å². The Labute approximate surface area is 63.3 Å². The summed E-state index contributed by atoms with van der Waals surface area (Å²) >= 11 is 0. The minimum absolute atomic E-state index is 0.104. The number of Topliss-reactive ketones (excluding diaryl/α,β-unsaturated/α-hetero) is 1. The second-order valence-corrected chi connectivity index (χ2v) is 1.92. The van der Waals surface area contributed by atoms with Gasteiger partial charge in [-0.2, -0.15) is 0 Å². The highest BCUT2D eigenvalue weighted by Crippen LogP contribution is 1.96. The van der Waals surface area contributed by atoms with Crippen molar-refractivity contribution in [3.63, 3.8) is 0 Å². The highest BCUT2D eigenvalue weighted by molar-refractivity contribution is 6.02. The number of hydrogen-bond acceptors (Lipinski definition) is 4. The Bertz CT molecular complexity index is 258. The lowest BCUT2D eigenvalue weighted by Crippen LogP contribution is -2.00. The Balaban J connectivity index is 2.77. The van der Waals surface area contributed by atoms with E-state index < -0.39 is 0 Å². The molecule has 4 heteroatoms. The lowest BCUT2D eigenvalue weighted by atomic mass is 10.2. The van der Waals surface area contributed by atoms with Crippen LogP contribution in [0.3, 0.4) is 0 Å². The summed E-state index contributed by atoms with van der Waals surface area (Å²) in [5, 5.41) is 0. The first kappa shape index (κ1) is 7.53. The van der Waals surface area contributed by atoms with E-state index in [1.807, 2.05) is 0 Å². The van der Waals surface area contributed by atoms with Crippen LogP contribution >= 0.6 is 0 Å². The number of rotatable bonds is 3. The van der Waals surface area contributed by atoms with E-state index in [1.165, 1.54) is 18.7 Å². The molecule has 0 saturated heterocycles. The van der Waals surface area contributed by atoms with E-state index in [1.54, 1.807) is 0 Å². The molecule has 0 fully saturated rings. The van der Waals surface area contributed by atoms with Crippen molar-refractivity contribution in [3.8, 4) is 0 Å². The van der Waals surface area contributed by atoms with Gasteiger partial charge in [0.2, 0.25) is 0 Å². The molecule has 1 rings (SSSR count). The zero-order chi connectivity index (χ0) is 8.10. The van der Waals surface area contributed by atoms with Crippen LogP contribution in [0.5, 0.6) is 0 Å². The summed E-state index contributed by atoms with van der Waals surface area (Å²) in [6.45, 7) is 0. The summed E-state index contributed by atoms with van der Waals surface area (Å²) in [6, 6.07) is 0. The van der Waals surface area contributed by atoms with Gasteiger partial charge >= 0.3 is 0 Å². The summed E-state index contributed by atoms with van der Waals surface area (Å²) in [7, 11) is 0. The number of aromatic nitrogens is 2. The molecule has 0 unspecified atom stereocenters. The summed E-state index contributed by atoms with van der Waals surface area (Å²) in [6.07, 6.45) is 4.57. The standard InChI is InChI=1S/C7H6N2O2/c10-2-1-7(11)6-3-8-5-9-4-6/h2-5H,1H2. The lowest BCUT2D eigenvalue weighted by Gasteiger charge is -1.91. The fourth-order valence-corrected chi connectivity index (χ4v) is 0.637.